The van der Waals surface area contributed by atoms with Crippen LogP contribution >= 0.6 is 0 Å². The number of halogens is 1. The van der Waals surface area contributed by atoms with E-state index in [2.05, 4.69) is 0 Å². The van der Waals surface area contributed by atoms with E-state index in [9.17, 15) is 9.50 Å². The Bertz CT molecular complexity index is 585. The molecule has 0 aliphatic carbocycles. The first-order chi connectivity index (χ1) is 10.1. The summed E-state index contributed by atoms with van der Waals surface area (Å²) < 4.78 is 28.8. The van der Waals surface area contributed by atoms with Gasteiger partial charge in [-0.1, -0.05) is 12.1 Å². The van der Waals surface area contributed by atoms with Crippen LogP contribution in [0.15, 0.2) is 36.4 Å². The van der Waals surface area contributed by atoms with Gasteiger partial charge in [0.15, 0.2) is 0 Å². The SMILES string of the molecule is COc1cc(OC)c(C(O)c2ccc(F)cc2)c(OC)c1. The normalized spacial score (nSPS) is 11.9. The van der Waals surface area contributed by atoms with E-state index in [0.29, 0.717) is 28.4 Å². The molecule has 21 heavy (non-hydrogen) atoms. The Kier molecular flexibility index (Phi) is 4.65. The van der Waals surface area contributed by atoms with Crippen molar-refractivity contribution >= 4 is 0 Å². The summed E-state index contributed by atoms with van der Waals surface area (Å²) in [4.78, 5) is 0. The number of hydrogen-bond acceptors (Lipinski definition) is 4. The maximum atomic E-state index is 13.0. The van der Waals surface area contributed by atoms with Crippen LogP contribution in [-0.2, 0) is 0 Å². The summed E-state index contributed by atoms with van der Waals surface area (Å²) in [6.45, 7) is 0. The van der Waals surface area contributed by atoms with E-state index in [4.69, 9.17) is 14.2 Å². The molecular weight excluding hydrogens is 275 g/mol. The highest BCUT2D eigenvalue weighted by Gasteiger charge is 2.22. The maximum Gasteiger partial charge on any atom is 0.132 e. The fraction of sp³-hybridized carbons (Fsp3) is 0.250. The molecule has 0 bridgehead atoms. The number of hydrogen-bond donors (Lipinski definition) is 1. The molecule has 0 heterocycles. The van der Waals surface area contributed by atoms with E-state index in [1.54, 1.807) is 12.1 Å². The molecule has 0 saturated heterocycles. The molecule has 5 heteroatoms. The Hall–Kier alpha value is -2.27. The second kappa shape index (κ2) is 6.45. The van der Waals surface area contributed by atoms with Crippen LogP contribution in [-0.4, -0.2) is 26.4 Å². The van der Waals surface area contributed by atoms with E-state index in [1.807, 2.05) is 0 Å². The van der Waals surface area contributed by atoms with E-state index in [0.717, 1.165) is 0 Å². The Balaban J connectivity index is 2.52. The molecule has 2 aromatic rings. The van der Waals surface area contributed by atoms with Crippen LogP contribution in [0, 0.1) is 5.82 Å². The quantitative estimate of drug-likeness (QED) is 0.920. The lowest BCUT2D eigenvalue weighted by molar-refractivity contribution is 0.208. The van der Waals surface area contributed by atoms with Crippen molar-refractivity contribution < 1.29 is 23.7 Å². The molecule has 0 aliphatic rings. The molecule has 1 atom stereocenters. The Labute approximate surface area is 122 Å². The van der Waals surface area contributed by atoms with E-state index < -0.39 is 6.10 Å². The Morgan fingerprint density at radius 2 is 1.43 bits per heavy atom. The monoisotopic (exact) mass is 292 g/mol. The lowest BCUT2D eigenvalue weighted by Crippen LogP contribution is -2.06. The van der Waals surface area contributed by atoms with Crippen molar-refractivity contribution in [3.8, 4) is 17.2 Å². The van der Waals surface area contributed by atoms with Gasteiger partial charge >= 0.3 is 0 Å². The van der Waals surface area contributed by atoms with Crippen molar-refractivity contribution in [2.24, 2.45) is 0 Å². The molecule has 1 unspecified atom stereocenters. The zero-order chi connectivity index (χ0) is 15.4. The summed E-state index contributed by atoms with van der Waals surface area (Å²) in [7, 11) is 4.52. The highest BCUT2D eigenvalue weighted by atomic mass is 19.1. The molecule has 2 rings (SSSR count). The third kappa shape index (κ3) is 3.08. The average Bonchev–Trinajstić information content (AvgIpc) is 2.53. The van der Waals surface area contributed by atoms with Gasteiger partial charge in [0, 0.05) is 12.1 Å². The highest BCUT2D eigenvalue weighted by Crippen LogP contribution is 2.40. The summed E-state index contributed by atoms with van der Waals surface area (Å²) >= 11 is 0. The summed E-state index contributed by atoms with van der Waals surface area (Å²) in [6.07, 6.45) is -0.999. The van der Waals surface area contributed by atoms with Crippen molar-refractivity contribution in [1.82, 2.24) is 0 Å². The van der Waals surface area contributed by atoms with E-state index in [1.165, 1.54) is 45.6 Å². The van der Waals surface area contributed by atoms with Crippen LogP contribution in [0.1, 0.15) is 17.2 Å². The molecule has 0 aliphatic heterocycles. The van der Waals surface area contributed by atoms with Crippen molar-refractivity contribution in [3.05, 3.63) is 53.3 Å². The number of methoxy groups -OCH3 is 3. The van der Waals surface area contributed by atoms with Gasteiger partial charge in [-0.2, -0.15) is 0 Å². The molecule has 0 aromatic heterocycles. The van der Waals surface area contributed by atoms with Crippen LogP contribution in [0.4, 0.5) is 4.39 Å². The molecule has 1 N–H and O–H groups in total. The lowest BCUT2D eigenvalue weighted by Gasteiger charge is -2.19. The van der Waals surface area contributed by atoms with Crippen LogP contribution < -0.4 is 14.2 Å². The molecule has 0 radical (unpaired) electrons. The van der Waals surface area contributed by atoms with Crippen LogP contribution in [0.25, 0.3) is 0 Å². The number of aliphatic hydroxyl groups is 1. The molecule has 0 spiro atoms. The van der Waals surface area contributed by atoms with Crippen LogP contribution in [0.5, 0.6) is 17.2 Å². The minimum atomic E-state index is -0.999. The molecular formula is C16H17FO4. The average molecular weight is 292 g/mol. The number of ether oxygens (including phenoxy) is 3. The van der Waals surface area contributed by atoms with E-state index >= 15 is 0 Å². The molecule has 112 valence electrons. The van der Waals surface area contributed by atoms with Crippen LogP contribution in [0.3, 0.4) is 0 Å². The smallest absolute Gasteiger partial charge is 0.132 e. The second-order valence-corrected chi connectivity index (χ2v) is 4.40. The largest absolute Gasteiger partial charge is 0.496 e. The predicted octanol–water partition coefficient (Wildman–Crippen LogP) is 2.93. The van der Waals surface area contributed by atoms with E-state index in [-0.39, 0.29) is 5.82 Å². The van der Waals surface area contributed by atoms with Gasteiger partial charge in [-0.3, -0.25) is 0 Å². The van der Waals surface area contributed by atoms with Gasteiger partial charge in [0.1, 0.15) is 29.2 Å². The third-order valence-electron chi connectivity index (χ3n) is 3.21. The van der Waals surface area contributed by atoms with Gasteiger partial charge in [0.2, 0.25) is 0 Å². The predicted molar refractivity (Wildman–Crippen MR) is 76.6 cm³/mol. The van der Waals surface area contributed by atoms with Gasteiger partial charge in [-0.15, -0.1) is 0 Å². The summed E-state index contributed by atoms with van der Waals surface area (Å²) in [5.41, 5.74) is 1.01. The topological polar surface area (TPSA) is 47.9 Å². The summed E-state index contributed by atoms with van der Waals surface area (Å²) in [5, 5.41) is 10.5. The number of benzene rings is 2. The maximum absolute atomic E-state index is 13.0. The highest BCUT2D eigenvalue weighted by molar-refractivity contribution is 5.54. The zero-order valence-corrected chi connectivity index (χ0v) is 12.1. The molecule has 0 amide bonds. The Morgan fingerprint density at radius 1 is 0.905 bits per heavy atom. The minimum Gasteiger partial charge on any atom is -0.496 e. The fourth-order valence-electron chi connectivity index (χ4n) is 2.11. The summed E-state index contributed by atoms with van der Waals surface area (Å²) in [5.74, 6) is 1.06. The number of rotatable bonds is 5. The van der Waals surface area contributed by atoms with Crippen molar-refractivity contribution in [1.29, 1.82) is 0 Å². The minimum absolute atomic E-state index is 0.361. The standard InChI is InChI=1S/C16H17FO4/c1-19-12-8-13(20-2)15(14(9-12)21-3)16(18)10-4-6-11(17)7-5-10/h4-9,16,18H,1-3H3. The Morgan fingerprint density at radius 3 is 1.86 bits per heavy atom. The molecule has 4 nitrogen and oxygen atoms in total. The lowest BCUT2D eigenvalue weighted by atomic mass is 9.99. The van der Waals surface area contributed by atoms with Gasteiger partial charge in [0.05, 0.1) is 26.9 Å². The first-order valence-corrected chi connectivity index (χ1v) is 6.34. The van der Waals surface area contributed by atoms with Crippen molar-refractivity contribution in [2.45, 2.75) is 6.10 Å². The molecule has 2 aromatic carbocycles. The zero-order valence-electron chi connectivity index (χ0n) is 12.1. The van der Waals surface area contributed by atoms with Crippen molar-refractivity contribution in [3.63, 3.8) is 0 Å². The molecule has 0 fully saturated rings. The van der Waals surface area contributed by atoms with Gasteiger partial charge in [-0.05, 0) is 17.7 Å². The van der Waals surface area contributed by atoms with Crippen LogP contribution in [0.2, 0.25) is 0 Å². The van der Waals surface area contributed by atoms with Gasteiger partial charge in [-0.25, -0.2) is 4.39 Å². The third-order valence-corrected chi connectivity index (χ3v) is 3.21. The fourth-order valence-corrected chi connectivity index (χ4v) is 2.11. The second-order valence-electron chi connectivity index (χ2n) is 4.40. The summed E-state index contributed by atoms with van der Waals surface area (Å²) in [6, 6.07) is 8.93. The van der Waals surface area contributed by atoms with Gasteiger partial charge in [0.25, 0.3) is 0 Å². The first-order valence-electron chi connectivity index (χ1n) is 6.34. The van der Waals surface area contributed by atoms with Crippen molar-refractivity contribution in [2.75, 3.05) is 21.3 Å². The molecule has 0 saturated carbocycles. The van der Waals surface area contributed by atoms with Gasteiger partial charge < -0.3 is 19.3 Å². The number of aliphatic hydroxyl groups excluding tert-OH is 1. The first kappa shape index (κ1) is 15.1.